The van der Waals surface area contributed by atoms with Gasteiger partial charge >= 0.3 is 0 Å². The highest BCUT2D eigenvalue weighted by Crippen LogP contribution is 2.26. The second-order valence-electron chi connectivity index (χ2n) is 3.46. The molecule has 0 spiro atoms. The Labute approximate surface area is 92.9 Å². The maximum absolute atomic E-state index is 10.5. The molecule has 2 aromatic rings. The summed E-state index contributed by atoms with van der Waals surface area (Å²) in [6, 6.07) is 10.8. The lowest BCUT2D eigenvalue weighted by Crippen LogP contribution is -1.83. The highest BCUT2D eigenvalue weighted by molar-refractivity contribution is 5.73. The molecule has 1 heterocycles. The van der Waals surface area contributed by atoms with Gasteiger partial charge in [-0.15, -0.1) is 0 Å². The van der Waals surface area contributed by atoms with Crippen LogP contribution < -0.4 is 0 Å². The lowest BCUT2D eigenvalue weighted by molar-refractivity contribution is 0.110. The third-order valence-electron chi connectivity index (χ3n) is 2.38. The number of furan rings is 1. The summed E-state index contributed by atoms with van der Waals surface area (Å²) in [5.41, 5.74) is 2.42. The molecular weight excluding hydrogens is 202 g/mol. The van der Waals surface area contributed by atoms with Crippen LogP contribution >= 0.6 is 0 Å². The minimum atomic E-state index is 0.289. The molecule has 2 rings (SSSR count). The molecule has 78 valence electrons. The van der Waals surface area contributed by atoms with Crippen molar-refractivity contribution in [3.8, 4) is 17.4 Å². The minimum absolute atomic E-state index is 0.289. The van der Waals surface area contributed by atoms with Crippen LogP contribution in [-0.2, 0) is 0 Å². The Hall–Kier alpha value is -2.34. The van der Waals surface area contributed by atoms with Gasteiger partial charge in [-0.05, 0) is 36.8 Å². The van der Waals surface area contributed by atoms with Crippen LogP contribution in [-0.4, -0.2) is 6.29 Å². The van der Waals surface area contributed by atoms with E-state index >= 15 is 0 Å². The standard InChI is InChI=1S/C13H9NO2/c1-9-2-3-10(7-14)6-12(9)13-5-4-11(8-15)16-13/h2-6,8H,1H3. The SMILES string of the molecule is Cc1ccc(C#N)cc1-c1ccc(C=O)o1. The van der Waals surface area contributed by atoms with Gasteiger partial charge < -0.3 is 4.42 Å². The maximum Gasteiger partial charge on any atom is 0.185 e. The molecule has 0 unspecified atom stereocenters. The number of rotatable bonds is 2. The molecule has 0 aliphatic rings. The van der Waals surface area contributed by atoms with Gasteiger partial charge in [0.1, 0.15) is 5.76 Å². The monoisotopic (exact) mass is 211 g/mol. The first-order chi connectivity index (χ1) is 7.74. The third kappa shape index (κ3) is 1.73. The number of hydrogen-bond acceptors (Lipinski definition) is 3. The van der Waals surface area contributed by atoms with Crippen molar-refractivity contribution in [3.63, 3.8) is 0 Å². The number of carbonyl (C=O) groups excluding carboxylic acids is 1. The van der Waals surface area contributed by atoms with Crippen LogP contribution in [0.25, 0.3) is 11.3 Å². The number of nitrogens with zero attached hydrogens (tertiary/aromatic N) is 1. The van der Waals surface area contributed by atoms with Crippen molar-refractivity contribution in [1.82, 2.24) is 0 Å². The van der Waals surface area contributed by atoms with E-state index in [1.54, 1.807) is 24.3 Å². The fourth-order valence-electron chi connectivity index (χ4n) is 1.52. The van der Waals surface area contributed by atoms with Crippen LogP contribution in [0.5, 0.6) is 0 Å². The summed E-state index contributed by atoms with van der Waals surface area (Å²) >= 11 is 0. The first kappa shape index (κ1) is 10.2. The molecular formula is C13H9NO2. The lowest BCUT2D eigenvalue weighted by atomic mass is 10.0. The van der Waals surface area contributed by atoms with Crippen molar-refractivity contribution in [2.24, 2.45) is 0 Å². The maximum atomic E-state index is 10.5. The van der Waals surface area contributed by atoms with Gasteiger partial charge in [-0.3, -0.25) is 4.79 Å². The van der Waals surface area contributed by atoms with Crippen LogP contribution in [0.2, 0.25) is 0 Å². The van der Waals surface area contributed by atoms with Crippen LogP contribution in [0.3, 0.4) is 0 Å². The molecule has 0 amide bonds. The Morgan fingerprint density at radius 3 is 2.75 bits per heavy atom. The zero-order valence-electron chi connectivity index (χ0n) is 8.73. The Kier molecular flexibility index (Phi) is 2.57. The molecule has 1 aromatic heterocycles. The van der Waals surface area contributed by atoms with Crippen LogP contribution in [0.15, 0.2) is 34.7 Å². The molecule has 0 aliphatic carbocycles. The molecule has 16 heavy (non-hydrogen) atoms. The van der Waals surface area contributed by atoms with Gasteiger partial charge in [-0.1, -0.05) is 6.07 Å². The average Bonchev–Trinajstić information content (AvgIpc) is 2.78. The Morgan fingerprint density at radius 1 is 1.31 bits per heavy atom. The number of hydrogen-bond donors (Lipinski definition) is 0. The van der Waals surface area contributed by atoms with E-state index in [4.69, 9.17) is 9.68 Å². The van der Waals surface area contributed by atoms with E-state index in [0.29, 0.717) is 17.6 Å². The van der Waals surface area contributed by atoms with E-state index in [1.807, 2.05) is 13.0 Å². The minimum Gasteiger partial charge on any atom is -0.453 e. The van der Waals surface area contributed by atoms with Crippen molar-refractivity contribution in [2.45, 2.75) is 6.92 Å². The predicted octanol–water partition coefficient (Wildman–Crippen LogP) is 2.94. The van der Waals surface area contributed by atoms with Crippen molar-refractivity contribution < 1.29 is 9.21 Å². The summed E-state index contributed by atoms with van der Waals surface area (Å²) in [6.45, 7) is 1.93. The van der Waals surface area contributed by atoms with E-state index in [-0.39, 0.29) is 5.76 Å². The fraction of sp³-hybridized carbons (Fsp3) is 0.0769. The highest BCUT2D eigenvalue weighted by Gasteiger charge is 2.07. The molecule has 3 heteroatoms. The number of benzene rings is 1. The second-order valence-corrected chi connectivity index (χ2v) is 3.46. The molecule has 0 atom stereocenters. The van der Waals surface area contributed by atoms with Crippen LogP contribution in [0, 0.1) is 18.3 Å². The molecule has 0 saturated heterocycles. The normalized spacial score (nSPS) is 9.75. The Bertz CT molecular complexity index is 576. The molecule has 0 fully saturated rings. The number of aldehydes is 1. The van der Waals surface area contributed by atoms with E-state index in [1.165, 1.54) is 0 Å². The van der Waals surface area contributed by atoms with Crippen molar-refractivity contribution in [2.75, 3.05) is 0 Å². The molecule has 0 saturated carbocycles. The van der Waals surface area contributed by atoms with Crippen molar-refractivity contribution >= 4 is 6.29 Å². The number of carbonyl (C=O) groups is 1. The van der Waals surface area contributed by atoms with E-state index in [2.05, 4.69) is 6.07 Å². The predicted molar refractivity (Wildman–Crippen MR) is 59.0 cm³/mol. The van der Waals surface area contributed by atoms with Gasteiger partial charge in [0.2, 0.25) is 0 Å². The van der Waals surface area contributed by atoms with Gasteiger partial charge in [0.25, 0.3) is 0 Å². The van der Waals surface area contributed by atoms with Gasteiger partial charge in [0, 0.05) is 5.56 Å². The van der Waals surface area contributed by atoms with Crippen LogP contribution in [0.1, 0.15) is 21.7 Å². The van der Waals surface area contributed by atoms with Gasteiger partial charge in [0.15, 0.2) is 12.0 Å². The quantitative estimate of drug-likeness (QED) is 0.717. The van der Waals surface area contributed by atoms with Crippen molar-refractivity contribution in [3.05, 3.63) is 47.2 Å². The first-order valence-electron chi connectivity index (χ1n) is 4.80. The van der Waals surface area contributed by atoms with Gasteiger partial charge in [0.05, 0.1) is 11.6 Å². The average molecular weight is 211 g/mol. The third-order valence-corrected chi connectivity index (χ3v) is 2.38. The van der Waals surface area contributed by atoms with Crippen LogP contribution in [0.4, 0.5) is 0 Å². The largest absolute Gasteiger partial charge is 0.453 e. The summed E-state index contributed by atoms with van der Waals surface area (Å²) in [5.74, 6) is 0.897. The molecule has 0 aliphatic heterocycles. The molecule has 0 N–H and O–H groups in total. The molecule has 3 nitrogen and oxygen atoms in total. The second kappa shape index (κ2) is 4.03. The summed E-state index contributed by atoms with van der Waals surface area (Å²) in [5, 5.41) is 8.81. The smallest absolute Gasteiger partial charge is 0.185 e. The van der Waals surface area contributed by atoms with Gasteiger partial charge in [-0.25, -0.2) is 0 Å². The Balaban J connectivity index is 2.54. The zero-order chi connectivity index (χ0) is 11.5. The summed E-state index contributed by atoms with van der Waals surface area (Å²) < 4.78 is 5.32. The molecule has 1 aromatic carbocycles. The number of nitriles is 1. The van der Waals surface area contributed by atoms with Gasteiger partial charge in [-0.2, -0.15) is 5.26 Å². The van der Waals surface area contributed by atoms with Crippen molar-refractivity contribution in [1.29, 1.82) is 5.26 Å². The van der Waals surface area contributed by atoms with E-state index in [0.717, 1.165) is 11.1 Å². The van der Waals surface area contributed by atoms with E-state index in [9.17, 15) is 4.79 Å². The topological polar surface area (TPSA) is 54.0 Å². The van der Waals surface area contributed by atoms with E-state index < -0.39 is 0 Å². The first-order valence-corrected chi connectivity index (χ1v) is 4.80. The zero-order valence-corrected chi connectivity index (χ0v) is 8.73. The molecule has 0 radical (unpaired) electrons. The summed E-state index contributed by atoms with van der Waals surface area (Å²) in [7, 11) is 0. The number of aryl methyl sites for hydroxylation is 1. The Morgan fingerprint density at radius 2 is 2.12 bits per heavy atom. The summed E-state index contributed by atoms with van der Waals surface area (Å²) in [4.78, 5) is 10.5. The summed E-state index contributed by atoms with van der Waals surface area (Å²) in [6.07, 6.45) is 0.660. The lowest BCUT2D eigenvalue weighted by Gasteiger charge is -2.02. The highest BCUT2D eigenvalue weighted by atomic mass is 16.3. The fourth-order valence-corrected chi connectivity index (χ4v) is 1.52. The molecule has 0 bridgehead atoms.